The Morgan fingerprint density at radius 2 is 1.59 bits per heavy atom. The molecule has 3 aromatic carbocycles. The second kappa shape index (κ2) is 12.7. The number of alkyl carbamates (subject to hydrolysis) is 1. The highest BCUT2D eigenvalue weighted by molar-refractivity contribution is 9.10. The highest BCUT2D eigenvalue weighted by Crippen LogP contribution is 2.31. The van der Waals surface area contributed by atoms with E-state index in [1.807, 2.05) is 25.1 Å². The monoisotopic (exact) mass is 606 g/mol. The normalized spacial score (nSPS) is 12.0. The summed E-state index contributed by atoms with van der Waals surface area (Å²) in [7, 11) is 0. The minimum absolute atomic E-state index is 0.235. The van der Waals surface area contributed by atoms with Gasteiger partial charge in [0, 0.05) is 33.2 Å². The summed E-state index contributed by atoms with van der Waals surface area (Å²) in [6.45, 7) is 7.81. The molecule has 0 aliphatic rings. The van der Waals surface area contributed by atoms with Crippen molar-refractivity contribution in [3.05, 3.63) is 92.4 Å². The maximum Gasteiger partial charge on any atom is 0.408 e. The van der Waals surface area contributed by atoms with Crippen LogP contribution < -0.4 is 10.1 Å². The van der Waals surface area contributed by atoms with Gasteiger partial charge in [-0.1, -0.05) is 57.3 Å². The molecule has 3 aromatic rings. The van der Waals surface area contributed by atoms with Crippen LogP contribution in [0, 0.1) is 0 Å². The summed E-state index contributed by atoms with van der Waals surface area (Å²) in [4.78, 5) is 28.1. The molecule has 0 aliphatic heterocycles. The van der Waals surface area contributed by atoms with Gasteiger partial charge in [-0.25, -0.2) is 4.79 Å². The van der Waals surface area contributed by atoms with Crippen LogP contribution in [-0.2, 0) is 16.1 Å². The van der Waals surface area contributed by atoms with E-state index in [-0.39, 0.29) is 12.5 Å². The first-order valence-corrected chi connectivity index (χ1v) is 13.3. The molecule has 0 saturated heterocycles. The lowest BCUT2D eigenvalue weighted by molar-refractivity contribution is -0.134. The van der Waals surface area contributed by atoms with E-state index in [1.165, 1.54) is 0 Å². The Morgan fingerprint density at radius 3 is 2.19 bits per heavy atom. The number of ether oxygens (including phenoxy) is 2. The summed E-state index contributed by atoms with van der Waals surface area (Å²) in [5, 5.41) is 3.84. The zero-order chi connectivity index (χ0) is 27.2. The molecule has 9 heteroatoms. The van der Waals surface area contributed by atoms with Crippen molar-refractivity contribution in [3.63, 3.8) is 0 Å². The molecular weight excluding hydrogens is 579 g/mol. The number of nitrogens with one attached hydrogen (secondary N) is 1. The van der Waals surface area contributed by atoms with Crippen molar-refractivity contribution in [1.29, 1.82) is 0 Å². The third kappa shape index (κ3) is 8.66. The Morgan fingerprint density at radius 1 is 0.973 bits per heavy atom. The Labute approximate surface area is 236 Å². The maximum atomic E-state index is 13.8. The minimum Gasteiger partial charge on any atom is -0.457 e. The van der Waals surface area contributed by atoms with Crippen molar-refractivity contribution >= 4 is 51.1 Å². The lowest BCUT2D eigenvalue weighted by atomic mass is 10.0. The van der Waals surface area contributed by atoms with Crippen LogP contribution in [0.2, 0.25) is 10.0 Å². The van der Waals surface area contributed by atoms with Crippen LogP contribution in [0.5, 0.6) is 11.5 Å². The molecule has 1 unspecified atom stereocenters. The van der Waals surface area contributed by atoms with Gasteiger partial charge in [0.2, 0.25) is 5.91 Å². The number of nitrogens with zero attached hydrogens (tertiary/aromatic N) is 1. The minimum atomic E-state index is -0.948. The molecule has 6 nitrogen and oxygen atoms in total. The summed E-state index contributed by atoms with van der Waals surface area (Å²) < 4.78 is 12.4. The quantitative estimate of drug-likeness (QED) is 0.280. The third-order valence-electron chi connectivity index (χ3n) is 5.24. The summed E-state index contributed by atoms with van der Waals surface area (Å²) in [5.74, 6) is 0.811. The summed E-state index contributed by atoms with van der Waals surface area (Å²) in [6.07, 6.45) is -0.678. The lowest BCUT2D eigenvalue weighted by Gasteiger charge is -2.29. The molecule has 0 radical (unpaired) electrons. The first-order chi connectivity index (χ1) is 17.4. The van der Waals surface area contributed by atoms with Crippen LogP contribution in [0.4, 0.5) is 4.79 Å². The van der Waals surface area contributed by atoms with Gasteiger partial charge in [-0.3, -0.25) is 4.79 Å². The molecule has 0 fully saturated rings. The molecule has 1 atom stereocenters. The van der Waals surface area contributed by atoms with Crippen molar-refractivity contribution in [2.45, 2.75) is 45.9 Å². The Bertz CT molecular complexity index is 1230. The topological polar surface area (TPSA) is 67.9 Å². The number of benzene rings is 3. The zero-order valence-electron chi connectivity index (χ0n) is 21.1. The van der Waals surface area contributed by atoms with E-state index >= 15 is 0 Å². The Balaban J connectivity index is 1.89. The van der Waals surface area contributed by atoms with Crippen molar-refractivity contribution in [2.24, 2.45) is 0 Å². The first-order valence-electron chi connectivity index (χ1n) is 11.7. The van der Waals surface area contributed by atoms with Gasteiger partial charge in [0.15, 0.2) is 0 Å². The smallest absolute Gasteiger partial charge is 0.408 e. The van der Waals surface area contributed by atoms with Gasteiger partial charge in [-0.05, 0) is 81.8 Å². The van der Waals surface area contributed by atoms with Gasteiger partial charge in [0.25, 0.3) is 0 Å². The highest BCUT2D eigenvalue weighted by atomic mass is 79.9. The van der Waals surface area contributed by atoms with E-state index in [2.05, 4.69) is 21.2 Å². The van der Waals surface area contributed by atoms with Crippen molar-refractivity contribution in [2.75, 3.05) is 6.54 Å². The van der Waals surface area contributed by atoms with Gasteiger partial charge < -0.3 is 19.7 Å². The molecule has 2 amide bonds. The average molecular weight is 608 g/mol. The van der Waals surface area contributed by atoms with Crippen LogP contribution in [0.15, 0.2) is 71.2 Å². The van der Waals surface area contributed by atoms with Crippen LogP contribution in [0.3, 0.4) is 0 Å². The summed E-state index contributed by atoms with van der Waals surface area (Å²) in [5.41, 5.74) is 0.673. The fourth-order valence-electron chi connectivity index (χ4n) is 3.49. The zero-order valence-corrected chi connectivity index (χ0v) is 24.2. The Hall–Kier alpha value is -2.74. The average Bonchev–Trinajstić information content (AvgIpc) is 2.83. The standard InChI is InChI=1S/C28H29BrCl2N2O4/c1-5-33(17-19-8-11-22(31)16-24(19)36-23-14-12-21(30)13-15-23)26(34)25(18-6-9-20(29)10-7-18)32-27(35)37-28(2,3)4/h6-16,25H,5,17H2,1-4H3,(H,32,35). The van der Waals surface area contributed by atoms with Gasteiger partial charge >= 0.3 is 6.09 Å². The van der Waals surface area contributed by atoms with E-state index in [0.717, 1.165) is 10.0 Å². The predicted octanol–water partition coefficient (Wildman–Crippen LogP) is 8.16. The number of carbonyl (C=O) groups excluding carboxylic acids is 2. The number of rotatable bonds is 8. The van der Waals surface area contributed by atoms with Gasteiger partial charge in [0.05, 0.1) is 0 Å². The van der Waals surface area contributed by atoms with E-state index < -0.39 is 17.7 Å². The number of likely N-dealkylation sites (N-methyl/N-ethyl adjacent to an activating group) is 1. The number of halogens is 3. The fraction of sp³-hybridized carbons (Fsp3) is 0.286. The van der Waals surface area contributed by atoms with Gasteiger partial charge in [-0.2, -0.15) is 0 Å². The SMILES string of the molecule is CCN(Cc1ccc(Cl)cc1Oc1ccc(Cl)cc1)C(=O)C(NC(=O)OC(C)(C)C)c1ccc(Br)cc1. The van der Waals surface area contributed by atoms with E-state index in [1.54, 1.807) is 74.2 Å². The number of hydrogen-bond donors (Lipinski definition) is 1. The molecule has 0 heterocycles. The van der Waals surface area contributed by atoms with Crippen LogP contribution >= 0.6 is 39.1 Å². The van der Waals surface area contributed by atoms with Crippen LogP contribution in [0.1, 0.15) is 44.9 Å². The van der Waals surface area contributed by atoms with Gasteiger partial charge in [-0.15, -0.1) is 0 Å². The van der Waals surface area contributed by atoms with Crippen LogP contribution in [-0.4, -0.2) is 29.0 Å². The largest absolute Gasteiger partial charge is 0.457 e. The maximum absolute atomic E-state index is 13.8. The van der Waals surface area contributed by atoms with Crippen LogP contribution in [0.25, 0.3) is 0 Å². The molecule has 0 spiro atoms. The van der Waals surface area contributed by atoms with E-state index in [0.29, 0.717) is 33.7 Å². The molecule has 196 valence electrons. The predicted molar refractivity (Wildman–Crippen MR) is 150 cm³/mol. The molecule has 0 aliphatic carbocycles. The molecule has 37 heavy (non-hydrogen) atoms. The number of carbonyl (C=O) groups is 2. The summed E-state index contributed by atoms with van der Waals surface area (Å²) >= 11 is 15.7. The second-order valence-electron chi connectivity index (χ2n) is 9.29. The Kier molecular flexibility index (Phi) is 9.87. The number of hydrogen-bond acceptors (Lipinski definition) is 4. The first kappa shape index (κ1) is 28.8. The second-order valence-corrected chi connectivity index (χ2v) is 11.1. The third-order valence-corrected chi connectivity index (χ3v) is 6.25. The molecule has 0 bridgehead atoms. The van der Waals surface area contributed by atoms with Crippen molar-refractivity contribution in [1.82, 2.24) is 10.2 Å². The van der Waals surface area contributed by atoms with Crippen molar-refractivity contribution in [3.8, 4) is 11.5 Å². The highest BCUT2D eigenvalue weighted by Gasteiger charge is 2.29. The fourth-order valence-corrected chi connectivity index (χ4v) is 4.04. The number of amides is 2. The lowest BCUT2D eigenvalue weighted by Crippen LogP contribution is -2.44. The molecule has 0 aromatic heterocycles. The van der Waals surface area contributed by atoms with Gasteiger partial charge in [0.1, 0.15) is 23.1 Å². The summed E-state index contributed by atoms with van der Waals surface area (Å²) in [6, 6.07) is 18.5. The molecule has 3 rings (SSSR count). The van der Waals surface area contributed by atoms with E-state index in [4.69, 9.17) is 32.7 Å². The van der Waals surface area contributed by atoms with E-state index in [9.17, 15) is 9.59 Å². The molecular formula is C28H29BrCl2N2O4. The molecule has 1 N–H and O–H groups in total. The molecule has 0 saturated carbocycles. The van der Waals surface area contributed by atoms with Crippen molar-refractivity contribution < 1.29 is 19.1 Å².